The van der Waals surface area contributed by atoms with E-state index in [9.17, 15) is 9.59 Å². The van der Waals surface area contributed by atoms with Crippen LogP contribution in [0.15, 0.2) is 65.7 Å². The summed E-state index contributed by atoms with van der Waals surface area (Å²) in [4.78, 5) is 29.2. The third kappa shape index (κ3) is 2.10. The SMILES string of the molecule is COc1ccccc1C1=C2C(=O)N(C)C(c3ccccc3)=C2C(=O)N1C. The second-order valence-corrected chi connectivity index (χ2v) is 6.24. The molecule has 26 heavy (non-hydrogen) atoms. The normalized spacial score (nSPS) is 16.7. The van der Waals surface area contributed by atoms with E-state index in [1.165, 1.54) is 4.90 Å². The van der Waals surface area contributed by atoms with Gasteiger partial charge in [0.05, 0.1) is 29.7 Å². The van der Waals surface area contributed by atoms with Crippen molar-refractivity contribution in [2.75, 3.05) is 21.2 Å². The number of hydrogen-bond acceptors (Lipinski definition) is 3. The van der Waals surface area contributed by atoms with Crippen LogP contribution in [0.1, 0.15) is 11.1 Å². The predicted octanol–water partition coefficient (Wildman–Crippen LogP) is 2.76. The molecule has 2 aromatic rings. The van der Waals surface area contributed by atoms with Crippen molar-refractivity contribution < 1.29 is 14.3 Å². The molecule has 0 aliphatic carbocycles. The fourth-order valence-electron chi connectivity index (χ4n) is 3.62. The Morgan fingerprint density at radius 2 is 1.27 bits per heavy atom. The van der Waals surface area contributed by atoms with Gasteiger partial charge in [-0.2, -0.15) is 0 Å². The highest BCUT2D eigenvalue weighted by molar-refractivity contribution is 6.30. The third-order valence-electron chi connectivity index (χ3n) is 4.84. The van der Waals surface area contributed by atoms with Gasteiger partial charge >= 0.3 is 0 Å². The van der Waals surface area contributed by atoms with E-state index in [0.717, 1.165) is 11.1 Å². The molecule has 0 aromatic heterocycles. The summed E-state index contributed by atoms with van der Waals surface area (Å²) in [6.07, 6.45) is 0. The zero-order valence-electron chi connectivity index (χ0n) is 14.8. The summed E-state index contributed by atoms with van der Waals surface area (Å²) in [5.41, 5.74) is 3.69. The highest BCUT2D eigenvalue weighted by Crippen LogP contribution is 2.46. The summed E-state index contributed by atoms with van der Waals surface area (Å²) in [5, 5.41) is 0. The zero-order chi connectivity index (χ0) is 18.4. The topological polar surface area (TPSA) is 49.9 Å². The second-order valence-electron chi connectivity index (χ2n) is 6.24. The maximum Gasteiger partial charge on any atom is 0.261 e. The number of para-hydroxylation sites is 1. The van der Waals surface area contributed by atoms with E-state index in [2.05, 4.69) is 0 Å². The molecule has 0 atom stereocenters. The Morgan fingerprint density at radius 3 is 1.92 bits per heavy atom. The summed E-state index contributed by atoms with van der Waals surface area (Å²) in [7, 11) is 4.98. The van der Waals surface area contributed by atoms with Gasteiger partial charge in [0.1, 0.15) is 5.75 Å². The summed E-state index contributed by atoms with van der Waals surface area (Å²) >= 11 is 0. The lowest BCUT2D eigenvalue weighted by Gasteiger charge is -2.20. The molecule has 0 bridgehead atoms. The van der Waals surface area contributed by atoms with Crippen molar-refractivity contribution in [2.24, 2.45) is 0 Å². The van der Waals surface area contributed by atoms with Gasteiger partial charge in [0.25, 0.3) is 11.8 Å². The average molecular weight is 346 g/mol. The number of carbonyl (C=O) groups is 2. The van der Waals surface area contributed by atoms with Gasteiger partial charge in [-0.25, -0.2) is 0 Å². The molecule has 4 rings (SSSR count). The Hall–Kier alpha value is -3.34. The number of amides is 2. The van der Waals surface area contributed by atoms with Crippen LogP contribution in [0.4, 0.5) is 0 Å². The van der Waals surface area contributed by atoms with Crippen LogP contribution in [0.2, 0.25) is 0 Å². The number of carbonyl (C=O) groups excluding carboxylic acids is 2. The Kier molecular flexibility index (Phi) is 3.65. The summed E-state index contributed by atoms with van der Waals surface area (Å²) in [5.74, 6) is 0.259. The Balaban J connectivity index is 2.02. The Morgan fingerprint density at radius 1 is 0.731 bits per heavy atom. The van der Waals surface area contributed by atoms with Crippen LogP contribution < -0.4 is 4.74 Å². The molecule has 130 valence electrons. The molecule has 0 N–H and O–H groups in total. The molecule has 0 radical (unpaired) electrons. The predicted molar refractivity (Wildman–Crippen MR) is 98.8 cm³/mol. The minimum atomic E-state index is -0.183. The van der Waals surface area contributed by atoms with E-state index in [-0.39, 0.29) is 11.8 Å². The number of methoxy groups -OCH3 is 1. The van der Waals surface area contributed by atoms with Crippen molar-refractivity contribution in [3.05, 3.63) is 76.9 Å². The van der Waals surface area contributed by atoms with E-state index in [1.807, 2.05) is 54.6 Å². The first kappa shape index (κ1) is 16.1. The molecule has 0 unspecified atom stereocenters. The van der Waals surface area contributed by atoms with Gasteiger partial charge in [-0.15, -0.1) is 0 Å². The molecule has 2 heterocycles. The first-order valence-corrected chi connectivity index (χ1v) is 8.30. The van der Waals surface area contributed by atoms with Crippen molar-refractivity contribution >= 4 is 23.2 Å². The molecule has 2 aromatic carbocycles. The molecule has 0 saturated heterocycles. The van der Waals surface area contributed by atoms with Gasteiger partial charge in [0.2, 0.25) is 0 Å². The highest BCUT2D eigenvalue weighted by Gasteiger charge is 2.47. The number of benzene rings is 2. The van der Waals surface area contributed by atoms with Crippen LogP contribution in [-0.2, 0) is 9.59 Å². The lowest BCUT2D eigenvalue weighted by Crippen LogP contribution is -2.25. The van der Waals surface area contributed by atoms with E-state index < -0.39 is 0 Å². The Labute approximate surface area is 151 Å². The maximum absolute atomic E-state index is 13.1. The standard InChI is InChI=1S/C21H18N2O3/c1-22-18(13-9-5-4-6-10-13)16-17(21(22)25)19(23(2)20(16)24)14-11-7-8-12-15(14)26-3/h4-12H,1-3H3. The molecular weight excluding hydrogens is 328 g/mol. The van der Waals surface area contributed by atoms with Crippen LogP contribution in [0, 0.1) is 0 Å². The van der Waals surface area contributed by atoms with Gasteiger partial charge in [0, 0.05) is 19.7 Å². The quantitative estimate of drug-likeness (QED) is 0.859. The summed E-state index contributed by atoms with van der Waals surface area (Å²) in [6.45, 7) is 0. The molecule has 2 aliphatic rings. The number of hydrogen-bond donors (Lipinski definition) is 0. The monoisotopic (exact) mass is 346 g/mol. The third-order valence-corrected chi connectivity index (χ3v) is 4.84. The first-order valence-electron chi connectivity index (χ1n) is 8.30. The number of likely N-dealkylation sites (N-methyl/N-ethyl adjacent to an activating group) is 2. The summed E-state index contributed by atoms with van der Waals surface area (Å²) in [6, 6.07) is 16.9. The van der Waals surface area contributed by atoms with Crippen molar-refractivity contribution in [3.63, 3.8) is 0 Å². The molecule has 2 amide bonds. The highest BCUT2D eigenvalue weighted by atomic mass is 16.5. The number of rotatable bonds is 3. The van der Waals surface area contributed by atoms with E-state index in [1.54, 1.807) is 26.1 Å². The lowest BCUT2D eigenvalue weighted by atomic mass is 10.0. The van der Waals surface area contributed by atoms with E-state index in [0.29, 0.717) is 28.3 Å². The van der Waals surface area contributed by atoms with Gasteiger partial charge in [0.15, 0.2) is 0 Å². The molecule has 5 nitrogen and oxygen atoms in total. The van der Waals surface area contributed by atoms with Crippen LogP contribution in [0.5, 0.6) is 5.75 Å². The smallest absolute Gasteiger partial charge is 0.261 e. The minimum Gasteiger partial charge on any atom is -0.496 e. The molecular formula is C21H18N2O3. The van der Waals surface area contributed by atoms with Crippen LogP contribution in [0.25, 0.3) is 11.4 Å². The van der Waals surface area contributed by atoms with Crippen LogP contribution in [-0.4, -0.2) is 42.8 Å². The van der Waals surface area contributed by atoms with E-state index >= 15 is 0 Å². The van der Waals surface area contributed by atoms with Gasteiger partial charge < -0.3 is 14.5 Å². The average Bonchev–Trinajstić information content (AvgIpc) is 3.08. The number of fused-ring (bicyclic) bond motifs is 1. The second kappa shape index (κ2) is 5.88. The molecule has 0 spiro atoms. The fraction of sp³-hybridized carbons (Fsp3) is 0.143. The van der Waals surface area contributed by atoms with Gasteiger partial charge in [-0.1, -0.05) is 42.5 Å². The molecule has 0 fully saturated rings. The van der Waals surface area contributed by atoms with Gasteiger partial charge in [-0.05, 0) is 17.7 Å². The summed E-state index contributed by atoms with van der Waals surface area (Å²) < 4.78 is 5.45. The van der Waals surface area contributed by atoms with Crippen LogP contribution in [0.3, 0.4) is 0 Å². The fourth-order valence-corrected chi connectivity index (χ4v) is 3.62. The first-order chi connectivity index (χ1) is 12.6. The number of ether oxygens (including phenoxy) is 1. The molecule has 5 heteroatoms. The van der Waals surface area contributed by atoms with Crippen molar-refractivity contribution in [3.8, 4) is 5.75 Å². The lowest BCUT2D eigenvalue weighted by molar-refractivity contribution is -0.123. The number of nitrogens with zero attached hydrogens (tertiary/aromatic N) is 2. The molecule has 0 saturated carbocycles. The minimum absolute atomic E-state index is 0.183. The zero-order valence-corrected chi connectivity index (χ0v) is 14.8. The van der Waals surface area contributed by atoms with E-state index in [4.69, 9.17) is 4.74 Å². The van der Waals surface area contributed by atoms with Crippen LogP contribution >= 0.6 is 0 Å². The van der Waals surface area contributed by atoms with Gasteiger partial charge in [-0.3, -0.25) is 9.59 Å². The van der Waals surface area contributed by atoms with Crippen molar-refractivity contribution in [1.29, 1.82) is 0 Å². The maximum atomic E-state index is 13.1. The van der Waals surface area contributed by atoms with Crippen molar-refractivity contribution in [2.45, 2.75) is 0 Å². The molecule has 2 aliphatic heterocycles. The van der Waals surface area contributed by atoms with Crippen molar-refractivity contribution in [1.82, 2.24) is 9.80 Å². The Bertz CT molecular complexity index is 989. The largest absolute Gasteiger partial charge is 0.496 e.